The molecule has 0 fully saturated rings. The molecule has 0 aliphatic heterocycles. The minimum absolute atomic E-state index is 0.356. The van der Waals surface area contributed by atoms with Crippen LogP contribution in [0.25, 0.3) is 0 Å². The van der Waals surface area contributed by atoms with Crippen LogP contribution in [0, 0.1) is 0 Å². The summed E-state index contributed by atoms with van der Waals surface area (Å²) in [6.45, 7) is 2.06. The van der Waals surface area contributed by atoms with Crippen molar-refractivity contribution in [1.82, 2.24) is 5.48 Å². The van der Waals surface area contributed by atoms with Crippen LogP contribution in [-0.2, 0) is 4.74 Å². The maximum atomic E-state index is 9.60. The topological polar surface area (TPSA) is 128 Å². The van der Waals surface area contributed by atoms with Crippen molar-refractivity contribution in [3.05, 3.63) is 0 Å². The van der Waals surface area contributed by atoms with Crippen molar-refractivity contribution in [2.75, 3.05) is 6.61 Å². The summed E-state index contributed by atoms with van der Waals surface area (Å²) in [5.74, 6) is 0. The van der Waals surface area contributed by atoms with Crippen molar-refractivity contribution >= 4 is 12.1 Å². The Kier molecular flexibility index (Phi) is 9.43. The smallest absolute Gasteiger partial charge is 0.404 e. The highest BCUT2D eigenvalue weighted by Crippen LogP contribution is 1.66. The summed E-state index contributed by atoms with van der Waals surface area (Å²) >= 11 is 0. The number of nitrogens with two attached hydrogens (primary N) is 2. The minimum Gasteiger partial charge on any atom is -0.450 e. The molecule has 0 aromatic carbocycles. The van der Waals surface area contributed by atoms with Crippen LogP contribution < -0.4 is 16.9 Å². The number of hydrogen-bond acceptors (Lipinski definition) is 4. The summed E-state index contributed by atoms with van der Waals surface area (Å²) < 4.78 is 4.18. The van der Waals surface area contributed by atoms with Crippen molar-refractivity contribution in [1.29, 1.82) is 0 Å². The standard InChI is InChI=1S/C3H7NO2.CH4N2O2/c1-2-6-3(4)5;2-1(4)3-5/h2H2,1H3,(H2,4,5);5H,(H3,2,3,4). The first-order valence-electron chi connectivity index (χ1n) is 2.66. The fraction of sp³-hybridized carbons (Fsp3) is 0.500. The molecule has 3 amide bonds. The number of hydrogen-bond donors (Lipinski definition) is 4. The monoisotopic (exact) mass is 165 g/mol. The maximum absolute atomic E-state index is 9.60. The maximum Gasteiger partial charge on any atom is 0.404 e. The third-order valence-corrected chi connectivity index (χ3v) is 0.397. The van der Waals surface area contributed by atoms with Gasteiger partial charge in [0.25, 0.3) is 0 Å². The molecule has 0 saturated heterocycles. The summed E-state index contributed by atoms with van der Waals surface area (Å²) in [6, 6.07) is -0.940. The number of carbonyl (C=O) groups is 2. The molecule has 0 spiro atoms. The molecule has 0 aliphatic rings. The fourth-order valence-corrected chi connectivity index (χ4v) is 0.142. The summed E-state index contributed by atoms with van der Waals surface area (Å²) in [7, 11) is 0. The Bertz CT molecular complexity index is 127. The SMILES string of the molecule is CCOC(N)=O.NC(=O)NO. The van der Waals surface area contributed by atoms with Gasteiger partial charge in [-0.1, -0.05) is 0 Å². The Hall–Kier alpha value is -1.50. The highest BCUT2D eigenvalue weighted by atomic mass is 16.5. The van der Waals surface area contributed by atoms with Gasteiger partial charge in [0.2, 0.25) is 0 Å². The molecular weight excluding hydrogens is 154 g/mol. The van der Waals surface area contributed by atoms with Gasteiger partial charge in [-0.15, -0.1) is 0 Å². The summed E-state index contributed by atoms with van der Waals surface area (Å²) in [4.78, 5) is 18.8. The first-order valence-corrected chi connectivity index (χ1v) is 2.66. The van der Waals surface area contributed by atoms with E-state index in [4.69, 9.17) is 5.21 Å². The number of urea groups is 1. The lowest BCUT2D eigenvalue weighted by molar-refractivity contribution is 0.163. The van der Waals surface area contributed by atoms with E-state index in [2.05, 4.69) is 16.2 Å². The quantitative estimate of drug-likeness (QED) is 0.298. The van der Waals surface area contributed by atoms with E-state index in [1.165, 1.54) is 5.48 Å². The minimum atomic E-state index is -0.940. The number of amides is 3. The zero-order valence-electron chi connectivity index (χ0n) is 6.03. The molecule has 0 radical (unpaired) electrons. The Balaban J connectivity index is 0. The van der Waals surface area contributed by atoms with E-state index in [0.29, 0.717) is 6.61 Å². The summed E-state index contributed by atoms with van der Waals surface area (Å²) in [5, 5.41) is 7.42. The molecule has 0 saturated carbocycles. The first-order chi connectivity index (χ1) is 5.04. The molecule has 0 rings (SSSR count). The van der Waals surface area contributed by atoms with Gasteiger partial charge < -0.3 is 16.2 Å². The molecule has 0 unspecified atom stereocenters. The summed E-state index contributed by atoms with van der Waals surface area (Å²) in [6.07, 6.45) is -0.711. The van der Waals surface area contributed by atoms with Crippen LogP contribution in [0.3, 0.4) is 0 Å². The number of primary amides is 2. The van der Waals surface area contributed by atoms with Gasteiger partial charge in [0.1, 0.15) is 0 Å². The van der Waals surface area contributed by atoms with Crippen LogP contribution in [0.15, 0.2) is 0 Å². The van der Waals surface area contributed by atoms with Crippen molar-refractivity contribution in [2.24, 2.45) is 11.5 Å². The number of nitrogens with one attached hydrogen (secondary N) is 1. The van der Waals surface area contributed by atoms with Gasteiger partial charge in [0, 0.05) is 0 Å². The van der Waals surface area contributed by atoms with Crippen LogP contribution in [-0.4, -0.2) is 23.9 Å². The zero-order chi connectivity index (χ0) is 9.28. The van der Waals surface area contributed by atoms with Crippen LogP contribution in [0.1, 0.15) is 6.92 Å². The Labute approximate surface area is 63.3 Å². The van der Waals surface area contributed by atoms with E-state index in [9.17, 15) is 9.59 Å². The molecule has 0 bridgehead atoms. The van der Waals surface area contributed by atoms with Gasteiger partial charge in [0.15, 0.2) is 0 Å². The van der Waals surface area contributed by atoms with Crippen LogP contribution in [0.5, 0.6) is 0 Å². The number of ether oxygens (including phenoxy) is 1. The van der Waals surface area contributed by atoms with E-state index in [1.807, 2.05) is 0 Å². The molecule has 7 heteroatoms. The third-order valence-electron chi connectivity index (χ3n) is 0.397. The average Bonchev–Trinajstić information content (AvgIpc) is 1.89. The second kappa shape index (κ2) is 8.50. The van der Waals surface area contributed by atoms with Crippen molar-refractivity contribution in [3.8, 4) is 0 Å². The largest absolute Gasteiger partial charge is 0.450 e. The third kappa shape index (κ3) is 29.3. The number of rotatable bonds is 1. The Morgan fingerprint density at radius 3 is 1.91 bits per heavy atom. The molecular formula is C4H11N3O4. The van der Waals surface area contributed by atoms with E-state index in [-0.39, 0.29) is 0 Å². The number of carbonyl (C=O) groups excluding carboxylic acids is 2. The second-order valence-corrected chi connectivity index (χ2v) is 1.23. The number of hydroxylamine groups is 1. The summed E-state index contributed by atoms with van der Waals surface area (Å²) in [5.41, 5.74) is 10.0. The van der Waals surface area contributed by atoms with Gasteiger partial charge >= 0.3 is 12.1 Å². The first kappa shape index (κ1) is 12.2. The van der Waals surface area contributed by atoms with E-state index >= 15 is 0 Å². The van der Waals surface area contributed by atoms with Gasteiger partial charge in [0.05, 0.1) is 6.61 Å². The molecule has 0 heterocycles. The molecule has 66 valence electrons. The van der Waals surface area contributed by atoms with Gasteiger partial charge in [-0.3, -0.25) is 5.21 Å². The second-order valence-electron chi connectivity index (χ2n) is 1.23. The van der Waals surface area contributed by atoms with Crippen LogP contribution >= 0.6 is 0 Å². The molecule has 0 aromatic heterocycles. The molecule has 0 aliphatic carbocycles. The van der Waals surface area contributed by atoms with E-state index in [1.54, 1.807) is 6.92 Å². The van der Waals surface area contributed by atoms with Gasteiger partial charge in [-0.2, -0.15) is 0 Å². The Morgan fingerprint density at radius 1 is 1.55 bits per heavy atom. The van der Waals surface area contributed by atoms with Crippen molar-refractivity contribution < 1.29 is 19.5 Å². The van der Waals surface area contributed by atoms with Gasteiger partial charge in [-0.05, 0) is 6.92 Å². The van der Waals surface area contributed by atoms with Crippen molar-refractivity contribution in [3.63, 3.8) is 0 Å². The lowest BCUT2D eigenvalue weighted by atomic mass is 10.9. The normalized spacial score (nSPS) is 7.09. The van der Waals surface area contributed by atoms with Crippen LogP contribution in [0.2, 0.25) is 0 Å². The molecule has 6 N–H and O–H groups in total. The Morgan fingerprint density at radius 2 is 1.91 bits per heavy atom. The highest BCUT2D eigenvalue weighted by molar-refractivity contribution is 5.69. The molecule has 0 atom stereocenters. The lowest BCUT2D eigenvalue weighted by Gasteiger charge is -1.89. The lowest BCUT2D eigenvalue weighted by Crippen LogP contribution is -2.25. The average molecular weight is 165 g/mol. The predicted molar refractivity (Wildman–Crippen MR) is 35.7 cm³/mol. The van der Waals surface area contributed by atoms with E-state index in [0.717, 1.165) is 0 Å². The van der Waals surface area contributed by atoms with Crippen LogP contribution in [0.4, 0.5) is 9.59 Å². The highest BCUT2D eigenvalue weighted by Gasteiger charge is 1.82. The molecule has 0 aromatic rings. The fourth-order valence-electron chi connectivity index (χ4n) is 0.142. The van der Waals surface area contributed by atoms with Crippen molar-refractivity contribution in [2.45, 2.75) is 6.92 Å². The zero-order valence-corrected chi connectivity index (χ0v) is 6.03. The molecule has 7 nitrogen and oxygen atoms in total. The predicted octanol–water partition coefficient (Wildman–Crippen LogP) is -0.854. The van der Waals surface area contributed by atoms with E-state index < -0.39 is 12.1 Å². The molecule has 11 heavy (non-hydrogen) atoms. The van der Waals surface area contributed by atoms with Gasteiger partial charge in [-0.25, -0.2) is 15.1 Å².